The summed E-state index contributed by atoms with van der Waals surface area (Å²) in [6, 6.07) is 29.5. The Labute approximate surface area is 324 Å². The van der Waals surface area contributed by atoms with Gasteiger partial charge in [-0.3, -0.25) is 4.57 Å². The summed E-state index contributed by atoms with van der Waals surface area (Å²) in [6.07, 6.45) is 0.392. The van der Waals surface area contributed by atoms with Crippen molar-refractivity contribution >= 4 is 14.3 Å². The molecule has 4 aromatic rings. The van der Waals surface area contributed by atoms with Gasteiger partial charge in [-0.25, -0.2) is 14.4 Å². The molecule has 3 aromatic carbocycles. The summed E-state index contributed by atoms with van der Waals surface area (Å²) in [5.41, 5.74) is 6.98. The maximum atomic E-state index is 13.4. The second-order valence-corrected chi connectivity index (χ2v) is 15.7. The Hall–Kier alpha value is -4.60. The van der Waals surface area contributed by atoms with Crippen molar-refractivity contribution in [1.82, 2.24) is 14.2 Å². The average molecular weight is 768 g/mol. The van der Waals surface area contributed by atoms with Crippen LogP contribution in [-0.4, -0.2) is 65.4 Å². The first-order valence-electron chi connectivity index (χ1n) is 18.4. The monoisotopic (exact) mass is 767 g/mol. The zero-order valence-electron chi connectivity index (χ0n) is 32.3. The predicted molar refractivity (Wildman–Crippen MR) is 211 cm³/mol. The zero-order valence-corrected chi connectivity index (χ0v) is 33.1. The molecular formula is C42H50N5O7P. The number of rotatable bonds is 17. The van der Waals surface area contributed by atoms with Gasteiger partial charge in [0.1, 0.15) is 40.9 Å². The van der Waals surface area contributed by atoms with Crippen LogP contribution in [0.5, 0.6) is 11.5 Å². The van der Waals surface area contributed by atoms with Crippen molar-refractivity contribution in [3.05, 3.63) is 130 Å². The highest BCUT2D eigenvalue weighted by Crippen LogP contribution is 2.62. The molecule has 13 heteroatoms. The minimum Gasteiger partial charge on any atom is -0.497 e. The molecule has 0 radical (unpaired) electrons. The molecule has 1 unspecified atom stereocenters. The quantitative estimate of drug-likeness (QED) is 0.0499. The Kier molecular flexibility index (Phi) is 12.4. The van der Waals surface area contributed by atoms with Gasteiger partial charge in [0.15, 0.2) is 0 Å². The van der Waals surface area contributed by atoms with Crippen molar-refractivity contribution in [2.24, 2.45) is 5.92 Å². The van der Waals surface area contributed by atoms with E-state index in [9.17, 15) is 10.1 Å². The number of fused-ring (bicyclic) bond motifs is 2. The molecule has 6 rings (SSSR count). The SMILES string of the molecule is C=C1C[C@@]2(COC(c3ccccc3)(c3ccc(OC)cc3)c3ccc(OC)cc3)O[C@@H](n3c(N)ccnc3=O)[C@H]1[C@@H]2OP(OCCC#N)N(C(C)C)C(C)C. The third kappa shape index (κ3) is 7.79. The first-order chi connectivity index (χ1) is 26.5. The number of hydrogen-bond acceptors (Lipinski definition) is 11. The van der Waals surface area contributed by atoms with Crippen LogP contribution < -0.4 is 20.9 Å². The van der Waals surface area contributed by atoms with Crippen LogP contribution >= 0.6 is 8.53 Å². The number of benzene rings is 3. The molecule has 2 heterocycles. The summed E-state index contributed by atoms with van der Waals surface area (Å²) in [5.74, 6) is 1.10. The number of nitrogens with two attached hydrogens (primary N) is 1. The van der Waals surface area contributed by atoms with E-state index in [-0.39, 0.29) is 37.5 Å². The first-order valence-corrected chi connectivity index (χ1v) is 19.5. The number of nitrogen functional groups attached to an aromatic ring is 1. The van der Waals surface area contributed by atoms with Crippen LogP contribution in [0.1, 0.15) is 63.5 Å². The van der Waals surface area contributed by atoms with Crippen LogP contribution in [0.4, 0.5) is 5.82 Å². The molecule has 2 fully saturated rings. The Bertz CT molecular complexity index is 1960. The number of nitrogens with zero attached hydrogens (tertiary/aromatic N) is 4. The number of methoxy groups -OCH3 is 2. The smallest absolute Gasteiger partial charge is 0.351 e. The van der Waals surface area contributed by atoms with E-state index in [0.29, 0.717) is 17.9 Å². The lowest BCUT2D eigenvalue weighted by molar-refractivity contribution is -0.160. The number of nitriles is 1. The van der Waals surface area contributed by atoms with E-state index in [1.165, 1.54) is 10.8 Å². The molecule has 2 aliphatic rings. The highest BCUT2D eigenvalue weighted by Gasteiger charge is 2.65. The van der Waals surface area contributed by atoms with Gasteiger partial charge in [-0.2, -0.15) is 5.26 Å². The molecule has 0 spiro atoms. The summed E-state index contributed by atoms with van der Waals surface area (Å²) in [4.78, 5) is 17.4. The van der Waals surface area contributed by atoms with Gasteiger partial charge >= 0.3 is 5.69 Å². The van der Waals surface area contributed by atoms with E-state index >= 15 is 0 Å². The standard InChI is InChI=1S/C42H50N5O7P/c1-28(2)47(29(3)4)55(52-25-11-23-43)54-38-37-30(5)26-41(38,53-39(37)46-36(44)22-24-45-40(46)48)27-51-42(31-12-9-8-10-13-31,32-14-18-34(49-6)19-15-32)33-16-20-35(50-7)21-17-33/h8-10,12-22,24,28-29,37-39H,5,11,25-27,44H2,1-4,6-7H3/t37-,38+,39-,41+,55?/m1/s1. The molecule has 12 nitrogen and oxygen atoms in total. The van der Waals surface area contributed by atoms with Crippen molar-refractivity contribution in [3.63, 3.8) is 0 Å². The highest BCUT2D eigenvalue weighted by atomic mass is 31.2. The van der Waals surface area contributed by atoms with Gasteiger partial charge in [0.25, 0.3) is 8.53 Å². The van der Waals surface area contributed by atoms with Crippen LogP contribution in [0.15, 0.2) is 108 Å². The highest BCUT2D eigenvalue weighted by molar-refractivity contribution is 7.44. The fourth-order valence-corrected chi connectivity index (χ4v) is 9.66. The Balaban J connectivity index is 1.51. The van der Waals surface area contributed by atoms with E-state index in [1.807, 2.05) is 78.9 Å². The minimum absolute atomic E-state index is 0.0102. The summed E-state index contributed by atoms with van der Waals surface area (Å²) >= 11 is 0. The molecule has 1 aliphatic carbocycles. The fraction of sp³-hybridized carbons (Fsp3) is 0.405. The zero-order chi connectivity index (χ0) is 39.3. The lowest BCUT2D eigenvalue weighted by Crippen LogP contribution is -2.47. The van der Waals surface area contributed by atoms with Crippen molar-refractivity contribution < 1.29 is 28.0 Å². The maximum Gasteiger partial charge on any atom is 0.351 e. The lowest BCUT2D eigenvalue weighted by atomic mass is 9.79. The molecule has 5 atom stereocenters. The molecule has 1 saturated heterocycles. The average Bonchev–Trinajstić information content (AvgIpc) is 3.62. The third-order valence-electron chi connectivity index (χ3n) is 10.2. The molecular weight excluding hydrogens is 717 g/mol. The second kappa shape index (κ2) is 17.0. The Morgan fingerprint density at radius 2 is 1.56 bits per heavy atom. The Morgan fingerprint density at radius 1 is 0.982 bits per heavy atom. The third-order valence-corrected chi connectivity index (χ3v) is 12.4. The van der Waals surface area contributed by atoms with Gasteiger partial charge in [-0.15, -0.1) is 0 Å². The van der Waals surface area contributed by atoms with Crippen LogP contribution in [0.3, 0.4) is 0 Å². The molecule has 290 valence electrons. The molecule has 2 bridgehead atoms. The fourth-order valence-electron chi connectivity index (χ4n) is 7.84. The van der Waals surface area contributed by atoms with Crippen LogP contribution in [0, 0.1) is 17.2 Å². The summed E-state index contributed by atoms with van der Waals surface area (Å²) in [5, 5.41) is 9.40. The molecule has 1 aliphatic heterocycles. The summed E-state index contributed by atoms with van der Waals surface area (Å²) in [6.45, 7) is 13.0. The van der Waals surface area contributed by atoms with E-state index in [4.69, 9.17) is 33.7 Å². The van der Waals surface area contributed by atoms with E-state index < -0.39 is 43.7 Å². The lowest BCUT2D eigenvalue weighted by Gasteiger charge is -2.42. The number of hydrogen-bond donors (Lipinski definition) is 1. The summed E-state index contributed by atoms with van der Waals surface area (Å²) < 4.78 is 42.7. The van der Waals surface area contributed by atoms with Gasteiger partial charge in [0.05, 0.1) is 45.8 Å². The van der Waals surface area contributed by atoms with Crippen LogP contribution in [0.2, 0.25) is 0 Å². The number of anilines is 1. The van der Waals surface area contributed by atoms with Gasteiger partial charge in [-0.05, 0) is 74.7 Å². The topological polar surface area (TPSA) is 143 Å². The summed E-state index contributed by atoms with van der Waals surface area (Å²) in [7, 11) is 1.54. The minimum atomic E-state index is -1.73. The first kappa shape index (κ1) is 40.1. The second-order valence-electron chi connectivity index (χ2n) is 14.3. The van der Waals surface area contributed by atoms with E-state index in [0.717, 1.165) is 22.3 Å². The van der Waals surface area contributed by atoms with E-state index in [2.05, 4.69) is 50.0 Å². The van der Waals surface area contributed by atoms with Gasteiger partial charge in [0.2, 0.25) is 0 Å². The molecule has 1 aromatic heterocycles. The van der Waals surface area contributed by atoms with Gasteiger partial charge in [0, 0.05) is 24.7 Å². The van der Waals surface area contributed by atoms with Crippen molar-refractivity contribution in [2.45, 2.75) is 76.2 Å². The van der Waals surface area contributed by atoms with E-state index in [1.54, 1.807) is 20.3 Å². The maximum absolute atomic E-state index is 13.4. The van der Waals surface area contributed by atoms with Gasteiger partial charge < -0.3 is 33.7 Å². The van der Waals surface area contributed by atoms with Crippen molar-refractivity contribution in [1.29, 1.82) is 5.26 Å². The molecule has 0 amide bonds. The normalized spacial score (nSPS) is 21.3. The largest absolute Gasteiger partial charge is 0.497 e. The number of aromatic nitrogens is 2. The number of ether oxygens (including phenoxy) is 4. The molecule has 55 heavy (non-hydrogen) atoms. The van der Waals surface area contributed by atoms with Crippen molar-refractivity contribution in [3.8, 4) is 17.6 Å². The molecule has 1 saturated carbocycles. The van der Waals surface area contributed by atoms with Crippen LogP contribution in [-0.2, 0) is 24.1 Å². The molecule has 2 N–H and O–H groups in total. The van der Waals surface area contributed by atoms with Crippen LogP contribution in [0.25, 0.3) is 0 Å². The van der Waals surface area contributed by atoms with Crippen molar-refractivity contribution in [2.75, 3.05) is 33.2 Å². The predicted octanol–water partition coefficient (Wildman–Crippen LogP) is 7.36. The Morgan fingerprint density at radius 3 is 2.09 bits per heavy atom. The van der Waals surface area contributed by atoms with Gasteiger partial charge in [-0.1, -0.05) is 66.7 Å².